The maximum absolute atomic E-state index is 11.4. The minimum Gasteiger partial charge on any atom is -0.493 e. The van der Waals surface area contributed by atoms with Crippen LogP contribution in [0.1, 0.15) is 0 Å². The molecule has 2 heterocycles. The Kier molecular flexibility index (Phi) is 4.06. The van der Waals surface area contributed by atoms with E-state index in [2.05, 4.69) is 20.2 Å². The van der Waals surface area contributed by atoms with Crippen LogP contribution < -0.4 is 9.47 Å². The summed E-state index contributed by atoms with van der Waals surface area (Å²) in [5.74, 6) is 1.19. The Bertz CT molecular complexity index is 879. The van der Waals surface area contributed by atoms with Crippen LogP contribution in [0.3, 0.4) is 0 Å². The molecule has 0 aliphatic rings. The van der Waals surface area contributed by atoms with E-state index in [0.29, 0.717) is 17.3 Å². The molecule has 0 saturated heterocycles. The van der Waals surface area contributed by atoms with Gasteiger partial charge in [0.25, 0.3) is 5.69 Å². The molecule has 3 aromatic rings. The van der Waals surface area contributed by atoms with E-state index in [0.717, 1.165) is 0 Å². The van der Waals surface area contributed by atoms with Crippen molar-refractivity contribution in [3.05, 3.63) is 46.6 Å². The summed E-state index contributed by atoms with van der Waals surface area (Å²) >= 11 is 0. The zero-order chi connectivity index (χ0) is 17.1. The van der Waals surface area contributed by atoms with Gasteiger partial charge in [-0.05, 0) is 12.1 Å². The summed E-state index contributed by atoms with van der Waals surface area (Å²) in [6.45, 7) is 0. The van der Waals surface area contributed by atoms with E-state index in [1.54, 1.807) is 18.3 Å². The van der Waals surface area contributed by atoms with Crippen LogP contribution in [0.2, 0.25) is 0 Å². The number of rotatable bonds is 5. The molecule has 122 valence electrons. The molecule has 24 heavy (non-hydrogen) atoms. The summed E-state index contributed by atoms with van der Waals surface area (Å²) in [6, 6.07) is 8.10. The molecule has 1 aromatic carbocycles. The van der Waals surface area contributed by atoms with Crippen LogP contribution in [0.25, 0.3) is 22.9 Å². The van der Waals surface area contributed by atoms with Crippen LogP contribution in [0, 0.1) is 10.1 Å². The van der Waals surface area contributed by atoms with Gasteiger partial charge in [-0.25, -0.2) is 4.98 Å². The van der Waals surface area contributed by atoms with Crippen LogP contribution in [0.15, 0.2) is 36.5 Å². The predicted octanol–water partition coefficient (Wildman–Crippen LogP) is 2.46. The molecule has 2 aromatic heterocycles. The number of nitro groups is 1. The third-order valence-electron chi connectivity index (χ3n) is 3.33. The number of nitrogens with zero attached hydrogens (tertiary/aromatic N) is 4. The Morgan fingerprint density at radius 2 is 1.92 bits per heavy atom. The number of H-pyrrole nitrogens is 1. The first-order valence-electron chi connectivity index (χ1n) is 6.88. The van der Waals surface area contributed by atoms with Crippen molar-refractivity contribution in [1.29, 1.82) is 0 Å². The lowest BCUT2D eigenvalue weighted by Gasteiger charge is -2.08. The van der Waals surface area contributed by atoms with Crippen molar-refractivity contribution in [2.45, 2.75) is 0 Å². The van der Waals surface area contributed by atoms with Crippen LogP contribution in [-0.2, 0) is 0 Å². The van der Waals surface area contributed by atoms with Gasteiger partial charge >= 0.3 is 0 Å². The molecule has 9 heteroatoms. The largest absolute Gasteiger partial charge is 0.493 e. The molecular weight excluding hydrogens is 314 g/mol. The van der Waals surface area contributed by atoms with Gasteiger partial charge in [-0.1, -0.05) is 6.07 Å². The third kappa shape index (κ3) is 2.74. The molecule has 1 N–H and O–H groups in total. The molecular formula is C15H13N5O4. The maximum atomic E-state index is 11.4. The topological polar surface area (TPSA) is 116 Å². The zero-order valence-corrected chi connectivity index (χ0v) is 12.9. The normalized spacial score (nSPS) is 10.4. The van der Waals surface area contributed by atoms with E-state index in [1.807, 2.05) is 6.07 Å². The summed E-state index contributed by atoms with van der Waals surface area (Å²) in [7, 11) is 2.86. The fourth-order valence-electron chi connectivity index (χ4n) is 2.20. The molecule has 0 atom stereocenters. The van der Waals surface area contributed by atoms with Crippen molar-refractivity contribution < 1.29 is 14.4 Å². The summed E-state index contributed by atoms with van der Waals surface area (Å²) in [6.07, 6.45) is 1.62. The second kappa shape index (κ2) is 6.32. The highest BCUT2D eigenvalue weighted by Crippen LogP contribution is 2.38. The van der Waals surface area contributed by atoms with Crippen LogP contribution in [-0.4, -0.2) is 39.3 Å². The number of nitrogens with one attached hydrogen (secondary N) is 1. The molecule has 0 bridgehead atoms. The molecule has 9 nitrogen and oxygen atoms in total. The van der Waals surface area contributed by atoms with Gasteiger partial charge < -0.3 is 9.47 Å². The van der Waals surface area contributed by atoms with Gasteiger partial charge in [-0.2, -0.15) is 5.10 Å². The average molecular weight is 327 g/mol. The SMILES string of the molecule is COc1cc(-c2n[nH]c(-c3ccccn3)n2)c([N+](=O)[O-])cc1OC. The van der Waals surface area contributed by atoms with Crippen LogP contribution in [0.4, 0.5) is 5.69 Å². The predicted molar refractivity (Wildman–Crippen MR) is 84.8 cm³/mol. The van der Waals surface area contributed by atoms with E-state index in [4.69, 9.17) is 9.47 Å². The number of nitro benzene ring substituents is 1. The fourth-order valence-corrected chi connectivity index (χ4v) is 2.20. The second-order valence-corrected chi connectivity index (χ2v) is 4.70. The van der Waals surface area contributed by atoms with Crippen LogP contribution in [0.5, 0.6) is 11.5 Å². The van der Waals surface area contributed by atoms with Crippen molar-refractivity contribution in [3.8, 4) is 34.4 Å². The van der Waals surface area contributed by atoms with E-state index in [-0.39, 0.29) is 22.8 Å². The number of benzene rings is 1. The van der Waals surface area contributed by atoms with Gasteiger partial charge in [-0.3, -0.25) is 20.2 Å². The molecule has 0 radical (unpaired) electrons. The second-order valence-electron chi connectivity index (χ2n) is 4.70. The summed E-state index contributed by atoms with van der Waals surface area (Å²) in [5, 5.41) is 18.2. The van der Waals surface area contributed by atoms with Gasteiger partial charge in [-0.15, -0.1) is 0 Å². The number of aromatic amines is 1. The Morgan fingerprint density at radius 1 is 1.17 bits per heavy atom. The number of hydrogen-bond acceptors (Lipinski definition) is 7. The lowest BCUT2D eigenvalue weighted by molar-refractivity contribution is -0.384. The molecule has 0 amide bonds. The highest BCUT2D eigenvalue weighted by molar-refractivity contribution is 5.73. The van der Waals surface area contributed by atoms with E-state index < -0.39 is 4.92 Å². The number of ether oxygens (including phenoxy) is 2. The number of aromatic nitrogens is 4. The highest BCUT2D eigenvalue weighted by atomic mass is 16.6. The van der Waals surface area contributed by atoms with Gasteiger partial charge in [0, 0.05) is 12.3 Å². The highest BCUT2D eigenvalue weighted by Gasteiger charge is 2.23. The maximum Gasteiger partial charge on any atom is 0.284 e. The Hall–Kier alpha value is -3.49. The van der Waals surface area contributed by atoms with Gasteiger partial charge in [0.1, 0.15) is 11.3 Å². The molecule has 0 aliphatic heterocycles. The van der Waals surface area contributed by atoms with E-state index in [1.165, 1.54) is 26.4 Å². The quantitative estimate of drug-likeness (QED) is 0.565. The first-order valence-corrected chi connectivity index (χ1v) is 6.88. The van der Waals surface area contributed by atoms with Crippen molar-refractivity contribution in [3.63, 3.8) is 0 Å². The van der Waals surface area contributed by atoms with Crippen molar-refractivity contribution in [2.75, 3.05) is 14.2 Å². The van der Waals surface area contributed by atoms with Crippen molar-refractivity contribution >= 4 is 5.69 Å². The summed E-state index contributed by atoms with van der Waals surface area (Å²) < 4.78 is 10.3. The summed E-state index contributed by atoms with van der Waals surface area (Å²) in [4.78, 5) is 19.3. The minimum absolute atomic E-state index is 0.170. The molecule has 0 saturated carbocycles. The van der Waals surface area contributed by atoms with Crippen molar-refractivity contribution in [1.82, 2.24) is 20.2 Å². The van der Waals surface area contributed by atoms with E-state index >= 15 is 0 Å². The van der Waals surface area contributed by atoms with Crippen LogP contribution >= 0.6 is 0 Å². The molecule has 0 spiro atoms. The first kappa shape index (κ1) is 15.4. The molecule has 0 unspecified atom stereocenters. The van der Waals surface area contributed by atoms with Gasteiger partial charge in [0.15, 0.2) is 23.1 Å². The number of pyridine rings is 1. The van der Waals surface area contributed by atoms with Crippen molar-refractivity contribution in [2.24, 2.45) is 0 Å². The lowest BCUT2D eigenvalue weighted by Crippen LogP contribution is -1.97. The number of methoxy groups -OCH3 is 2. The third-order valence-corrected chi connectivity index (χ3v) is 3.33. The Morgan fingerprint density at radius 3 is 2.54 bits per heavy atom. The smallest absolute Gasteiger partial charge is 0.284 e. The average Bonchev–Trinajstić information content (AvgIpc) is 3.11. The zero-order valence-electron chi connectivity index (χ0n) is 12.9. The Labute approximate surface area is 136 Å². The standard InChI is InChI=1S/C15H13N5O4/c1-23-12-7-9(11(20(21)22)8-13(12)24-2)14-17-15(19-18-14)10-5-3-4-6-16-10/h3-8H,1-2H3,(H,17,18,19). The van der Waals surface area contributed by atoms with E-state index in [9.17, 15) is 10.1 Å². The van der Waals surface area contributed by atoms with Gasteiger partial charge in [0.05, 0.1) is 25.2 Å². The van der Waals surface area contributed by atoms with Gasteiger partial charge in [0.2, 0.25) is 0 Å². The fraction of sp³-hybridized carbons (Fsp3) is 0.133. The molecule has 3 rings (SSSR count). The molecule has 0 aliphatic carbocycles. The Balaban J connectivity index is 2.12. The first-order chi connectivity index (χ1) is 11.6. The lowest BCUT2D eigenvalue weighted by atomic mass is 10.1. The minimum atomic E-state index is -0.520. The monoisotopic (exact) mass is 327 g/mol. The number of hydrogen-bond donors (Lipinski definition) is 1. The molecule has 0 fully saturated rings. The summed E-state index contributed by atoms with van der Waals surface area (Å²) in [5.41, 5.74) is 0.620.